The minimum atomic E-state index is -4.45. The second-order valence-electron chi connectivity index (χ2n) is 13.0. The number of rotatable bonds is 6. The van der Waals surface area contributed by atoms with Crippen LogP contribution in [0.3, 0.4) is 0 Å². The first-order valence-corrected chi connectivity index (χ1v) is 17.3. The molecule has 2 nitrogen and oxygen atoms in total. The smallest absolute Gasteiger partial charge is 0.0648 e. The summed E-state index contributed by atoms with van der Waals surface area (Å²) in [6.07, 6.45) is 0. The van der Waals surface area contributed by atoms with E-state index in [4.69, 9.17) is 28.8 Å². The minimum Gasteiger partial charge on any atom is -0.310 e. The third kappa shape index (κ3) is 5.55. The van der Waals surface area contributed by atoms with Gasteiger partial charge in [0.05, 0.1) is 63.7 Å². The average molecular weight is 817 g/mol. The highest BCUT2D eigenvalue weighted by Gasteiger charge is 2.39. The minimum absolute atomic E-state index is 0.0205. The standard InChI is InChI=1S/C58H46N2/c1-57(2)50-24-14-13-23-48(50)49-35-33-45(38-52(49)57)59(43-20-9-6-10-21-43)44-31-27-39(28-32-44)42-30-36-55-53(37-42)58(3,4)51-25-15-16-26-54(51)60(55)56-46-22-12-11-19-41(46)29-34-47(56)40-17-7-5-8-18-40/h5-38H,1-4H3/i1D3,2D3,3D3,4D3,5D,6D,7D,8D,9D,10D,11D,12D,13D,14D,15D,16D,17D,18D,19D,20D,21D,22D,23D,24D,25D,26D,27D,28D,29D,30D,31D,32D,33D,34D,35D,36D,37D,38D. The van der Waals surface area contributed by atoms with E-state index in [-0.39, 0.29) is 9.80 Å². The van der Waals surface area contributed by atoms with Crippen LogP contribution in [-0.4, -0.2) is 0 Å². The van der Waals surface area contributed by atoms with Crippen LogP contribution in [0.1, 0.15) is 113 Å². The molecule has 0 spiro atoms. The van der Waals surface area contributed by atoms with Crippen molar-refractivity contribution < 1.29 is 63.1 Å². The normalized spacial score (nSPS) is 26.0. The fourth-order valence-corrected chi connectivity index (χ4v) is 6.96. The fraction of sp³-hybridized carbons (Fsp3) is 0.103. The van der Waals surface area contributed by atoms with Crippen LogP contribution < -0.4 is 9.80 Å². The molecule has 2 heteroatoms. The van der Waals surface area contributed by atoms with Crippen LogP contribution in [0.15, 0.2) is 205 Å². The topological polar surface area (TPSA) is 6.48 Å². The third-order valence-electron chi connectivity index (χ3n) is 9.61. The van der Waals surface area contributed by atoms with Gasteiger partial charge in [0.1, 0.15) is 0 Å². The Bertz CT molecular complexity index is 5430. The van der Waals surface area contributed by atoms with E-state index >= 15 is 0 Å². The van der Waals surface area contributed by atoms with Gasteiger partial charge in [0.2, 0.25) is 0 Å². The maximum absolute atomic E-state index is 10.4. The number of benzene rings is 9. The lowest BCUT2D eigenvalue weighted by atomic mass is 9.72. The summed E-state index contributed by atoms with van der Waals surface area (Å²) in [4.78, 5) is 0.243. The van der Waals surface area contributed by atoms with Gasteiger partial charge in [-0.2, -0.15) is 0 Å². The van der Waals surface area contributed by atoms with E-state index in [1.165, 1.54) is 0 Å². The van der Waals surface area contributed by atoms with Crippen LogP contribution in [-0.2, 0) is 10.8 Å². The molecule has 11 rings (SSSR count). The van der Waals surface area contributed by atoms with Crippen molar-refractivity contribution in [2.24, 2.45) is 0 Å². The summed E-state index contributed by atoms with van der Waals surface area (Å²) in [5, 5.41) is -2.15. The zero-order valence-electron chi connectivity index (χ0n) is 75.9. The molecule has 0 saturated heterocycles. The Kier molecular flexibility index (Phi) is 2.74. The Morgan fingerprint density at radius 3 is 1.78 bits per heavy atom. The molecule has 0 saturated carbocycles. The van der Waals surface area contributed by atoms with E-state index in [2.05, 4.69) is 0 Å². The van der Waals surface area contributed by atoms with Crippen molar-refractivity contribution in [3.63, 3.8) is 0 Å². The van der Waals surface area contributed by atoms with E-state index in [0.29, 0.717) is 0 Å². The molecular formula is C58H46N2. The largest absolute Gasteiger partial charge is 0.310 e. The van der Waals surface area contributed by atoms with Gasteiger partial charge in [0.15, 0.2) is 0 Å². The summed E-state index contributed by atoms with van der Waals surface area (Å²) < 4.78 is 426. The summed E-state index contributed by atoms with van der Waals surface area (Å²) in [5.41, 5.74) is -30.6. The fourth-order valence-electron chi connectivity index (χ4n) is 6.96. The van der Waals surface area contributed by atoms with Crippen molar-refractivity contribution in [2.75, 3.05) is 9.80 Å². The zero-order valence-corrected chi connectivity index (χ0v) is 29.9. The molecule has 1 aliphatic carbocycles. The van der Waals surface area contributed by atoms with Crippen LogP contribution >= 0.6 is 0 Å². The Labute approximate surface area is 418 Å². The number of para-hydroxylation sites is 2. The Balaban J connectivity index is 1.39. The molecule has 2 aliphatic rings. The molecule has 288 valence electrons. The molecular weight excluding hydrogens is 725 g/mol. The second-order valence-corrected chi connectivity index (χ2v) is 13.0. The molecule has 0 amide bonds. The summed E-state index contributed by atoms with van der Waals surface area (Å²) in [6.45, 7) is -17.1. The quantitative estimate of drug-likeness (QED) is 0.165. The van der Waals surface area contributed by atoms with E-state index in [0.717, 1.165) is 0 Å². The lowest BCUT2D eigenvalue weighted by Crippen LogP contribution is -2.31. The molecule has 1 heterocycles. The van der Waals surface area contributed by atoms with Gasteiger partial charge in [-0.3, -0.25) is 0 Å². The SMILES string of the molecule is [2H]c1c([2H])c([2H])c(-c2c([2H])c([2H])c3c([2H])c([2H])c([2H])c([2H])c3c2N2c3c([2H])c([2H])c([2H])c([2H])c3C(C([2H])([2H])[2H])(C([2H])([2H])[2H])c3c([2H])c(-c4c([2H])c([2H])c(N(c5c([2H])c([2H])c([2H])c([2H])c5[2H])c5c([2H])c([2H])c6c(c5[2H])C(C([2H])([2H])[2H])(C([2H])([2H])[2H])c5c([2H])c([2H])c([2H])c([2H])c5-6)c([2H])c4[2H])c([2H])c([2H])c32)c([2H])c1[2H]. The van der Waals surface area contributed by atoms with Crippen molar-refractivity contribution in [1.29, 1.82) is 0 Å². The summed E-state index contributed by atoms with van der Waals surface area (Å²) in [6, 6.07) is -47.7. The first-order chi connectivity index (χ1) is 48.5. The average Bonchev–Trinajstić information content (AvgIpc) is 1.26. The van der Waals surface area contributed by atoms with Gasteiger partial charge in [-0.1, -0.05) is 178 Å². The van der Waals surface area contributed by atoms with Gasteiger partial charge in [0.25, 0.3) is 0 Å². The van der Waals surface area contributed by atoms with E-state index in [1.54, 1.807) is 0 Å². The maximum atomic E-state index is 10.4. The highest BCUT2D eigenvalue weighted by Crippen LogP contribution is 2.56. The number of anilines is 6. The van der Waals surface area contributed by atoms with E-state index in [1.807, 2.05) is 0 Å². The van der Waals surface area contributed by atoms with Gasteiger partial charge in [-0.25, -0.2) is 0 Å². The number of fused-ring (bicyclic) bond motifs is 6. The van der Waals surface area contributed by atoms with E-state index in [9.17, 15) is 34.3 Å². The van der Waals surface area contributed by atoms with Crippen LogP contribution in [0.2, 0.25) is 0 Å². The Hall–Kier alpha value is -7.16. The Morgan fingerprint density at radius 1 is 0.400 bits per heavy atom. The highest BCUT2D eigenvalue weighted by atomic mass is 15.2. The monoisotopic (exact) mass is 817 g/mol. The van der Waals surface area contributed by atoms with Crippen LogP contribution in [0.5, 0.6) is 0 Å². The first-order valence-electron chi connectivity index (χ1n) is 40.3. The van der Waals surface area contributed by atoms with Crippen molar-refractivity contribution in [3.8, 4) is 33.4 Å². The van der Waals surface area contributed by atoms with Gasteiger partial charge in [-0.05, 0) is 110 Å². The number of hydrogen-bond donors (Lipinski definition) is 0. The molecule has 9 aromatic carbocycles. The molecule has 0 atom stereocenters. The summed E-state index contributed by atoms with van der Waals surface area (Å²) in [7, 11) is 0. The molecule has 0 fully saturated rings. The van der Waals surface area contributed by atoms with Crippen LogP contribution in [0.4, 0.5) is 34.1 Å². The highest BCUT2D eigenvalue weighted by molar-refractivity contribution is 6.07. The molecule has 0 radical (unpaired) electrons. The zero-order chi connectivity index (χ0) is 80.2. The van der Waals surface area contributed by atoms with Gasteiger partial charge < -0.3 is 9.80 Å². The van der Waals surface area contributed by atoms with Crippen LogP contribution in [0, 0.1) is 0 Å². The summed E-state index contributed by atoms with van der Waals surface area (Å²) >= 11 is 0. The van der Waals surface area contributed by atoms with Gasteiger partial charge >= 0.3 is 0 Å². The van der Waals surface area contributed by atoms with Crippen LogP contribution in [0.25, 0.3) is 44.2 Å². The van der Waals surface area contributed by atoms with Gasteiger partial charge in [0, 0.05) is 55.3 Å². The summed E-state index contributed by atoms with van der Waals surface area (Å²) in [5.74, 6) is 0. The molecule has 9 aromatic rings. The number of hydrogen-bond acceptors (Lipinski definition) is 2. The van der Waals surface area contributed by atoms with Gasteiger partial charge in [-0.15, -0.1) is 0 Å². The van der Waals surface area contributed by atoms with Crippen molar-refractivity contribution in [1.82, 2.24) is 0 Å². The molecule has 0 bridgehead atoms. The molecule has 0 aromatic heterocycles. The lowest BCUT2D eigenvalue weighted by molar-refractivity contribution is 0.632. The van der Waals surface area contributed by atoms with E-state index < -0.39 is 344 Å². The lowest BCUT2D eigenvalue weighted by Gasteiger charge is -2.43. The molecule has 0 N–H and O–H groups in total. The van der Waals surface area contributed by atoms with Crippen molar-refractivity contribution in [2.45, 2.75) is 38.2 Å². The third-order valence-corrected chi connectivity index (χ3v) is 9.61. The number of nitrogens with zero attached hydrogens (tertiary/aromatic N) is 2. The Morgan fingerprint density at radius 2 is 0.983 bits per heavy atom. The predicted octanol–water partition coefficient (Wildman–Crippen LogP) is 16.1. The molecule has 60 heavy (non-hydrogen) atoms. The molecule has 1 aliphatic heterocycles. The predicted molar refractivity (Wildman–Crippen MR) is 254 cm³/mol. The van der Waals surface area contributed by atoms with Crippen molar-refractivity contribution >= 4 is 44.9 Å². The second kappa shape index (κ2) is 13.7. The van der Waals surface area contributed by atoms with Crippen molar-refractivity contribution in [3.05, 3.63) is 228 Å². The maximum Gasteiger partial charge on any atom is 0.0648 e. The molecule has 0 unspecified atom stereocenters. The first kappa shape index (κ1) is 12.0.